The molecule has 0 saturated heterocycles. The Kier molecular flexibility index (Phi) is 5.15. The third-order valence-corrected chi connectivity index (χ3v) is 3.39. The van der Waals surface area contributed by atoms with Crippen molar-refractivity contribution in [2.45, 2.75) is 13.8 Å². The van der Waals surface area contributed by atoms with Crippen molar-refractivity contribution < 1.29 is 4.92 Å². The van der Waals surface area contributed by atoms with Crippen LogP contribution >= 0.6 is 27.5 Å². The molecule has 17 heavy (non-hydrogen) atoms. The number of nitro benzene ring substituents is 1. The summed E-state index contributed by atoms with van der Waals surface area (Å²) in [5.74, 6) is 0.761. The van der Waals surface area contributed by atoms with E-state index in [1.54, 1.807) is 12.1 Å². The molecule has 0 radical (unpaired) electrons. The van der Waals surface area contributed by atoms with Gasteiger partial charge in [0.25, 0.3) is 5.69 Å². The molecule has 0 aliphatic rings. The van der Waals surface area contributed by atoms with Crippen LogP contribution in [0.5, 0.6) is 0 Å². The minimum Gasteiger partial charge on any atom is -0.258 e. The Labute approximate surface area is 114 Å². The van der Waals surface area contributed by atoms with Crippen LogP contribution in [0, 0.1) is 16.0 Å². The van der Waals surface area contributed by atoms with E-state index >= 15 is 0 Å². The largest absolute Gasteiger partial charge is 0.284 e. The Balaban J connectivity index is 3.16. The fraction of sp³-hybridized carbons (Fsp3) is 0.333. The van der Waals surface area contributed by atoms with Gasteiger partial charge in [0.2, 0.25) is 0 Å². The molecule has 0 aliphatic heterocycles. The second-order valence-electron chi connectivity index (χ2n) is 3.98. The number of allylic oxidation sites excluding steroid dienone is 1. The zero-order chi connectivity index (χ0) is 13.0. The number of alkyl halides is 1. The molecule has 0 heterocycles. The SMILES string of the molecule is CC(C)C(=Cc1ccc(Br)c([N+](=O)[O-])c1)CCl. The molecule has 0 aromatic heterocycles. The lowest BCUT2D eigenvalue weighted by Gasteiger charge is -2.07. The van der Waals surface area contributed by atoms with Crippen molar-refractivity contribution in [1.29, 1.82) is 0 Å². The van der Waals surface area contributed by atoms with Crippen LogP contribution in [0.3, 0.4) is 0 Å². The maximum atomic E-state index is 10.8. The second kappa shape index (κ2) is 6.17. The van der Waals surface area contributed by atoms with E-state index in [2.05, 4.69) is 15.9 Å². The summed E-state index contributed by atoms with van der Waals surface area (Å²) >= 11 is 8.99. The smallest absolute Gasteiger partial charge is 0.258 e. The first kappa shape index (κ1) is 14.2. The van der Waals surface area contributed by atoms with Crippen LogP contribution < -0.4 is 0 Å². The molecule has 0 unspecified atom stereocenters. The molecule has 92 valence electrons. The van der Waals surface area contributed by atoms with Crippen molar-refractivity contribution in [3.8, 4) is 0 Å². The van der Waals surface area contributed by atoms with E-state index in [4.69, 9.17) is 11.6 Å². The van der Waals surface area contributed by atoms with Gasteiger partial charge in [-0.1, -0.05) is 31.6 Å². The van der Waals surface area contributed by atoms with Crippen molar-refractivity contribution in [2.24, 2.45) is 5.92 Å². The molecule has 0 spiro atoms. The van der Waals surface area contributed by atoms with Crippen LogP contribution in [0.25, 0.3) is 6.08 Å². The van der Waals surface area contributed by atoms with Gasteiger partial charge in [0.05, 0.1) is 9.40 Å². The average molecular weight is 319 g/mol. The molecule has 1 aromatic carbocycles. The molecule has 5 heteroatoms. The van der Waals surface area contributed by atoms with E-state index in [1.807, 2.05) is 26.0 Å². The molecular weight excluding hydrogens is 305 g/mol. The van der Waals surface area contributed by atoms with Gasteiger partial charge in [-0.3, -0.25) is 10.1 Å². The molecule has 0 amide bonds. The highest BCUT2D eigenvalue weighted by Gasteiger charge is 2.12. The summed E-state index contributed by atoms with van der Waals surface area (Å²) in [4.78, 5) is 10.4. The average Bonchev–Trinajstić information content (AvgIpc) is 2.27. The third-order valence-electron chi connectivity index (χ3n) is 2.41. The van der Waals surface area contributed by atoms with Crippen LogP contribution in [0.2, 0.25) is 0 Å². The van der Waals surface area contributed by atoms with Gasteiger partial charge in [-0.05, 0) is 33.5 Å². The fourth-order valence-electron chi connectivity index (χ4n) is 1.33. The summed E-state index contributed by atoms with van der Waals surface area (Å²) in [6, 6.07) is 5.04. The highest BCUT2D eigenvalue weighted by molar-refractivity contribution is 9.10. The van der Waals surface area contributed by atoms with E-state index in [0.717, 1.165) is 11.1 Å². The summed E-state index contributed by atoms with van der Waals surface area (Å²) in [5.41, 5.74) is 1.92. The summed E-state index contributed by atoms with van der Waals surface area (Å²) < 4.78 is 0.483. The Hall–Kier alpha value is -0.870. The van der Waals surface area contributed by atoms with E-state index < -0.39 is 4.92 Å². The third kappa shape index (κ3) is 3.82. The first-order valence-corrected chi connectivity index (χ1v) is 6.48. The number of nitrogens with zero attached hydrogens (tertiary/aromatic N) is 1. The van der Waals surface area contributed by atoms with Gasteiger partial charge >= 0.3 is 0 Å². The lowest BCUT2D eigenvalue weighted by atomic mass is 10.0. The number of benzene rings is 1. The second-order valence-corrected chi connectivity index (χ2v) is 5.10. The fourth-order valence-corrected chi connectivity index (χ4v) is 2.11. The number of nitro groups is 1. The van der Waals surface area contributed by atoms with Gasteiger partial charge < -0.3 is 0 Å². The van der Waals surface area contributed by atoms with Crippen LogP contribution in [-0.4, -0.2) is 10.8 Å². The van der Waals surface area contributed by atoms with Crippen LogP contribution in [0.1, 0.15) is 19.4 Å². The van der Waals surface area contributed by atoms with E-state index in [9.17, 15) is 10.1 Å². The number of hydrogen-bond acceptors (Lipinski definition) is 2. The highest BCUT2D eigenvalue weighted by atomic mass is 79.9. The standard InChI is InChI=1S/C12H13BrClNO2/c1-8(2)10(7-14)5-9-3-4-11(13)12(6-9)15(16)17/h3-6,8H,7H2,1-2H3. The summed E-state index contributed by atoms with van der Waals surface area (Å²) in [7, 11) is 0. The highest BCUT2D eigenvalue weighted by Crippen LogP contribution is 2.27. The van der Waals surface area contributed by atoms with Gasteiger partial charge in [0, 0.05) is 11.9 Å². The Morgan fingerprint density at radius 3 is 2.71 bits per heavy atom. The van der Waals surface area contributed by atoms with Crippen LogP contribution in [0.4, 0.5) is 5.69 Å². The maximum Gasteiger partial charge on any atom is 0.284 e. The van der Waals surface area contributed by atoms with Crippen molar-refractivity contribution in [2.75, 3.05) is 5.88 Å². The zero-order valence-corrected chi connectivity index (χ0v) is 12.0. The molecule has 1 rings (SSSR count). The summed E-state index contributed by atoms with van der Waals surface area (Å²) in [6.45, 7) is 4.09. The minimum absolute atomic E-state index is 0.0661. The summed E-state index contributed by atoms with van der Waals surface area (Å²) in [6.07, 6.45) is 1.90. The molecule has 0 atom stereocenters. The van der Waals surface area contributed by atoms with Gasteiger partial charge in [0.1, 0.15) is 0 Å². The zero-order valence-electron chi connectivity index (χ0n) is 9.61. The molecule has 0 saturated carbocycles. The van der Waals surface area contributed by atoms with Crippen LogP contribution in [0.15, 0.2) is 28.2 Å². The summed E-state index contributed by atoms with van der Waals surface area (Å²) in [5, 5.41) is 10.8. The van der Waals surface area contributed by atoms with Gasteiger partial charge in [0.15, 0.2) is 0 Å². The van der Waals surface area contributed by atoms with E-state index in [-0.39, 0.29) is 5.69 Å². The number of rotatable bonds is 4. The quantitative estimate of drug-likeness (QED) is 0.461. The Morgan fingerprint density at radius 1 is 1.59 bits per heavy atom. The van der Waals surface area contributed by atoms with Gasteiger partial charge in [-0.2, -0.15) is 0 Å². The monoisotopic (exact) mass is 317 g/mol. The van der Waals surface area contributed by atoms with Crippen molar-refractivity contribution >= 4 is 39.3 Å². The topological polar surface area (TPSA) is 43.1 Å². The van der Waals surface area contributed by atoms with Gasteiger partial charge in [-0.25, -0.2) is 0 Å². The lowest BCUT2D eigenvalue weighted by Crippen LogP contribution is -1.96. The molecule has 3 nitrogen and oxygen atoms in total. The molecular formula is C12H13BrClNO2. The predicted octanol–water partition coefficient (Wildman–Crippen LogP) is 4.64. The van der Waals surface area contributed by atoms with Crippen molar-refractivity contribution in [3.63, 3.8) is 0 Å². The van der Waals surface area contributed by atoms with Crippen molar-refractivity contribution in [1.82, 2.24) is 0 Å². The molecule has 0 aliphatic carbocycles. The molecule has 0 bridgehead atoms. The number of halogens is 2. The number of hydrogen-bond donors (Lipinski definition) is 0. The van der Waals surface area contributed by atoms with E-state index in [1.165, 1.54) is 0 Å². The first-order valence-electron chi connectivity index (χ1n) is 5.16. The minimum atomic E-state index is -0.406. The Morgan fingerprint density at radius 2 is 2.24 bits per heavy atom. The normalized spacial score (nSPS) is 11.9. The molecule has 0 fully saturated rings. The maximum absolute atomic E-state index is 10.8. The van der Waals surface area contributed by atoms with E-state index in [0.29, 0.717) is 16.3 Å². The first-order chi connectivity index (χ1) is 7.95. The molecule has 1 aromatic rings. The predicted molar refractivity (Wildman–Crippen MR) is 74.3 cm³/mol. The van der Waals surface area contributed by atoms with Crippen LogP contribution in [-0.2, 0) is 0 Å². The lowest BCUT2D eigenvalue weighted by molar-refractivity contribution is -0.385. The Bertz CT molecular complexity index is 458. The molecule has 0 N–H and O–H groups in total. The van der Waals surface area contributed by atoms with Crippen molar-refractivity contribution in [3.05, 3.63) is 43.9 Å². The van der Waals surface area contributed by atoms with Gasteiger partial charge in [-0.15, -0.1) is 11.6 Å².